The van der Waals surface area contributed by atoms with E-state index in [1.807, 2.05) is 42.5 Å². The van der Waals surface area contributed by atoms with Gasteiger partial charge in [0.1, 0.15) is 11.6 Å². The number of nitriles is 1. The Labute approximate surface area is 208 Å². The van der Waals surface area contributed by atoms with Crippen LogP contribution >= 0.6 is 0 Å². The molecule has 0 bridgehead atoms. The van der Waals surface area contributed by atoms with Crippen LogP contribution in [0, 0.1) is 11.3 Å². The van der Waals surface area contributed by atoms with Crippen molar-refractivity contribution >= 4 is 11.6 Å². The Hall–Kier alpha value is -4.09. The number of anilines is 1. The van der Waals surface area contributed by atoms with Gasteiger partial charge in [-0.15, -0.1) is 0 Å². The van der Waals surface area contributed by atoms with Gasteiger partial charge in [-0.25, -0.2) is 0 Å². The summed E-state index contributed by atoms with van der Waals surface area (Å²) >= 11 is 0. The predicted octanol–water partition coefficient (Wildman–Crippen LogP) is 5.46. The highest BCUT2D eigenvalue weighted by atomic mass is 19.4. The second-order valence-electron chi connectivity index (χ2n) is 8.44. The molecule has 3 aromatic carbocycles. The van der Waals surface area contributed by atoms with Crippen molar-refractivity contribution in [1.82, 2.24) is 9.80 Å². The summed E-state index contributed by atoms with van der Waals surface area (Å²) in [5.41, 5.74) is 1.81. The Morgan fingerprint density at radius 2 is 1.39 bits per heavy atom. The van der Waals surface area contributed by atoms with Crippen molar-refractivity contribution in [3.05, 3.63) is 113 Å². The minimum absolute atomic E-state index is 0.0527. The number of nitrogens with one attached hydrogen (secondary N) is 1. The Kier molecular flexibility index (Phi) is 7.71. The summed E-state index contributed by atoms with van der Waals surface area (Å²) in [6.07, 6.45) is -3.18. The number of nitrogens with zero attached hydrogens (tertiary/aromatic N) is 3. The molecule has 8 heteroatoms. The molecule has 4 rings (SSSR count). The molecule has 0 saturated carbocycles. The fraction of sp³-hybridized carbons (Fsp3) is 0.214. The molecule has 1 fully saturated rings. The normalized spacial score (nSPS) is 15.0. The highest BCUT2D eigenvalue weighted by Crippen LogP contribution is 2.31. The van der Waals surface area contributed by atoms with Crippen molar-refractivity contribution in [1.29, 1.82) is 5.26 Å². The Morgan fingerprint density at radius 3 is 1.86 bits per heavy atom. The first kappa shape index (κ1) is 25.0. The molecule has 3 aromatic rings. The van der Waals surface area contributed by atoms with E-state index in [4.69, 9.17) is 0 Å². The molecular weight excluding hydrogens is 465 g/mol. The topological polar surface area (TPSA) is 59.4 Å². The van der Waals surface area contributed by atoms with Crippen LogP contribution in [0.4, 0.5) is 18.9 Å². The number of hydrogen-bond acceptors (Lipinski definition) is 4. The lowest BCUT2D eigenvalue weighted by Crippen LogP contribution is -2.50. The van der Waals surface area contributed by atoms with Gasteiger partial charge in [0.25, 0.3) is 5.91 Å². The molecule has 0 spiro atoms. The third-order valence-electron chi connectivity index (χ3n) is 6.14. The van der Waals surface area contributed by atoms with Crippen molar-refractivity contribution in [3.63, 3.8) is 0 Å². The highest BCUT2D eigenvalue weighted by Gasteiger charge is 2.30. The maximum atomic E-state index is 13.0. The number of amides is 1. The Balaban J connectivity index is 1.42. The van der Waals surface area contributed by atoms with Crippen molar-refractivity contribution in [3.8, 4) is 6.07 Å². The first-order chi connectivity index (χ1) is 17.4. The number of alkyl halides is 3. The minimum atomic E-state index is -4.43. The van der Waals surface area contributed by atoms with Crippen LogP contribution in [0.15, 0.2) is 96.7 Å². The maximum Gasteiger partial charge on any atom is 0.416 e. The summed E-state index contributed by atoms with van der Waals surface area (Å²) in [5, 5.41) is 12.3. The van der Waals surface area contributed by atoms with Crippen molar-refractivity contribution in [2.24, 2.45) is 0 Å². The van der Waals surface area contributed by atoms with Gasteiger partial charge in [0.15, 0.2) is 0 Å². The van der Waals surface area contributed by atoms with Gasteiger partial charge in [0, 0.05) is 38.1 Å². The van der Waals surface area contributed by atoms with Crippen LogP contribution in [-0.4, -0.2) is 41.9 Å². The fourth-order valence-electron chi connectivity index (χ4n) is 4.29. The summed E-state index contributed by atoms with van der Waals surface area (Å²) in [4.78, 5) is 16.9. The molecular formula is C28H25F3N4O. The number of benzene rings is 3. The van der Waals surface area contributed by atoms with Crippen LogP contribution < -0.4 is 5.32 Å². The second-order valence-corrected chi connectivity index (χ2v) is 8.44. The van der Waals surface area contributed by atoms with E-state index in [1.54, 1.807) is 4.90 Å². The lowest BCUT2D eigenvalue weighted by Gasteiger charge is -2.39. The van der Waals surface area contributed by atoms with E-state index in [0.29, 0.717) is 31.9 Å². The molecule has 0 aliphatic carbocycles. The zero-order valence-corrected chi connectivity index (χ0v) is 19.4. The molecule has 0 aromatic heterocycles. The Bertz CT molecular complexity index is 1190. The van der Waals surface area contributed by atoms with Crippen LogP contribution in [0.5, 0.6) is 0 Å². The second kappa shape index (κ2) is 11.1. The average molecular weight is 491 g/mol. The van der Waals surface area contributed by atoms with Crippen LogP contribution in [0.25, 0.3) is 0 Å². The number of hydrogen-bond donors (Lipinski definition) is 1. The molecule has 0 atom stereocenters. The van der Waals surface area contributed by atoms with Crippen LogP contribution in [0.1, 0.15) is 22.7 Å². The van der Waals surface area contributed by atoms with E-state index < -0.39 is 17.6 Å². The molecule has 1 heterocycles. The van der Waals surface area contributed by atoms with Gasteiger partial charge in [0.05, 0.1) is 11.6 Å². The zero-order chi connectivity index (χ0) is 25.5. The van der Waals surface area contributed by atoms with E-state index in [1.165, 1.54) is 29.5 Å². The summed E-state index contributed by atoms with van der Waals surface area (Å²) in [7, 11) is 0. The third kappa shape index (κ3) is 5.93. The largest absolute Gasteiger partial charge is 0.416 e. The third-order valence-corrected chi connectivity index (χ3v) is 6.14. The van der Waals surface area contributed by atoms with E-state index >= 15 is 0 Å². The van der Waals surface area contributed by atoms with Gasteiger partial charge in [-0.3, -0.25) is 9.69 Å². The summed E-state index contributed by atoms with van der Waals surface area (Å²) in [6.45, 7) is 2.17. The minimum Gasteiger partial charge on any atom is -0.360 e. The molecule has 1 aliphatic rings. The Morgan fingerprint density at radius 1 is 0.861 bits per heavy atom. The lowest BCUT2D eigenvalue weighted by molar-refractivity contribution is -0.137. The van der Waals surface area contributed by atoms with E-state index in [2.05, 4.69) is 34.5 Å². The van der Waals surface area contributed by atoms with Crippen molar-refractivity contribution in [2.75, 3.05) is 31.5 Å². The summed E-state index contributed by atoms with van der Waals surface area (Å²) in [6, 6.07) is 26.8. The molecule has 36 heavy (non-hydrogen) atoms. The number of rotatable bonds is 6. The SMILES string of the molecule is N#C/C(=C/Nc1ccc(C(F)(F)F)cc1)C(=O)N1CCN(C(c2ccccc2)c2ccccc2)CC1. The fourth-order valence-corrected chi connectivity index (χ4v) is 4.29. The summed E-state index contributed by atoms with van der Waals surface area (Å²) < 4.78 is 38.2. The first-order valence-corrected chi connectivity index (χ1v) is 11.5. The highest BCUT2D eigenvalue weighted by molar-refractivity contribution is 5.97. The molecule has 5 nitrogen and oxygen atoms in total. The zero-order valence-electron chi connectivity index (χ0n) is 19.4. The van der Waals surface area contributed by atoms with Crippen LogP contribution in [-0.2, 0) is 11.0 Å². The van der Waals surface area contributed by atoms with Crippen LogP contribution in [0.2, 0.25) is 0 Å². The van der Waals surface area contributed by atoms with Crippen LogP contribution in [0.3, 0.4) is 0 Å². The lowest BCUT2D eigenvalue weighted by atomic mass is 9.96. The molecule has 1 N–H and O–H groups in total. The standard InChI is InChI=1S/C28H25F3N4O/c29-28(30,31)24-11-13-25(14-12-24)33-20-23(19-32)27(36)35-17-15-34(16-18-35)26(21-7-3-1-4-8-21)22-9-5-2-6-10-22/h1-14,20,26,33H,15-18H2/b23-20-. The number of carbonyl (C=O) groups is 1. The van der Waals surface area contributed by atoms with Gasteiger partial charge >= 0.3 is 6.18 Å². The number of halogens is 3. The molecule has 1 aliphatic heterocycles. The molecule has 1 amide bonds. The molecule has 0 radical (unpaired) electrons. The predicted molar refractivity (Wildman–Crippen MR) is 132 cm³/mol. The smallest absolute Gasteiger partial charge is 0.360 e. The number of carbonyl (C=O) groups excluding carboxylic acids is 1. The first-order valence-electron chi connectivity index (χ1n) is 11.5. The molecule has 184 valence electrons. The molecule has 0 unspecified atom stereocenters. The maximum absolute atomic E-state index is 13.0. The monoisotopic (exact) mass is 490 g/mol. The van der Waals surface area contributed by atoms with E-state index in [0.717, 1.165) is 12.1 Å². The van der Waals surface area contributed by atoms with E-state index in [-0.39, 0.29) is 11.6 Å². The molecule has 1 saturated heterocycles. The van der Waals surface area contributed by atoms with Gasteiger partial charge < -0.3 is 10.2 Å². The average Bonchev–Trinajstić information content (AvgIpc) is 2.90. The van der Waals surface area contributed by atoms with Gasteiger partial charge in [0.2, 0.25) is 0 Å². The van der Waals surface area contributed by atoms with Gasteiger partial charge in [-0.2, -0.15) is 18.4 Å². The van der Waals surface area contributed by atoms with Crippen molar-refractivity contribution in [2.45, 2.75) is 12.2 Å². The summed E-state index contributed by atoms with van der Waals surface area (Å²) in [5.74, 6) is -0.410. The van der Waals surface area contributed by atoms with Gasteiger partial charge in [-0.05, 0) is 35.4 Å². The number of piperazine rings is 1. The van der Waals surface area contributed by atoms with Gasteiger partial charge in [-0.1, -0.05) is 60.7 Å². The van der Waals surface area contributed by atoms with Crippen molar-refractivity contribution < 1.29 is 18.0 Å². The quantitative estimate of drug-likeness (QED) is 0.368. The van der Waals surface area contributed by atoms with E-state index in [9.17, 15) is 23.2 Å².